The molecule has 1 N–H and O–H groups in total. The monoisotopic (exact) mass is 388 g/mol. The molecule has 1 saturated heterocycles. The van der Waals surface area contributed by atoms with Crippen LogP contribution in [0.4, 0.5) is 0 Å². The number of rotatable bonds is 6. The molecular formula is C22H32N2O4. The summed E-state index contributed by atoms with van der Waals surface area (Å²) in [5, 5.41) is 3.03. The van der Waals surface area contributed by atoms with E-state index in [0.717, 1.165) is 44.3 Å². The number of nitrogens with one attached hydrogen (secondary N) is 1. The minimum atomic E-state index is -0.139. The van der Waals surface area contributed by atoms with Crippen molar-refractivity contribution >= 4 is 11.8 Å². The second-order valence-corrected chi connectivity index (χ2v) is 7.94. The number of carbonyl (C=O) groups excluding carboxylic acids is 2. The van der Waals surface area contributed by atoms with E-state index in [1.807, 2.05) is 30.0 Å². The smallest absolute Gasteiger partial charge is 0.258 e. The number of ether oxygens (including phenoxy) is 2. The van der Waals surface area contributed by atoms with Gasteiger partial charge in [0, 0.05) is 25.0 Å². The summed E-state index contributed by atoms with van der Waals surface area (Å²) in [6.45, 7) is 3.39. The van der Waals surface area contributed by atoms with Crippen LogP contribution in [0.15, 0.2) is 18.2 Å². The van der Waals surface area contributed by atoms with E-state index in [-0.39, 0.29) is 24.5 Å². The van der Waals surface area contributed by atoms with E-state index in [1.165, 1.54) is 19.3 Å². The van der Waals surface area contributed by atoms with Crippen LogP contribution in [-0.4, -0.2) is 49.6 Å². The highest BCUT2D eigenvalue weighted by molar-refractivity contribution is 5.79. The normalized spacial score (nSPS) is 18.6. The maximum Gasteiger partial charge on any atom is 0.258 e. The third-order valence-corrected chi connectivity index (χ3v) is 5.80. The predicted molar refractivity (Wildman–Crippen MR) is 108 cm³/mol. The van der Waals surface area contributed by atoms with Gasteiger partial charge in [-0.2, -0.15) is 0 Å². The van der Waals surface area contributed by atoms with Crippen molar-refractivity contribution in [3.05, 3.63) is 23.8 Å². The van der Waals surface area contributed by atoms with Gasteiger partial charge in [0.1, 0.15) is 0 Å². The van der Waals surface area contributed by atoms with Crippen LogP contribution in [-0.2, 0) is 9.59 Å². The molecule has 1 aliphatic heterocycles. The van der Waals surface area contributed by atoms with Gasteiger partial charge < -0.3 is 19.7 Å². The first-order chi connectivity index (χ1) is 13.6. The number of piperidine rings is 1. The number of methoxy groups -OCH3 is 1. The Bertz CT molecular complexity index is 677. The van der Waals surface area contributed by atoms with Gasteiger partial charge in [0.05, 0.1) is 7.11 Å². The fraction of sp³-hybridized carbons (Fsp3) is 0.636. The van der Waals surface area contributed by atoms with Gasteiger partial charge in [-0.3, -0.25) is 9.59 Å². The molecule has 2 amide bonds. The number of aryl methyl sites for hydroxylation is 1. The first-order valence-electron chi connectivity index (χ1n) is 10.4. The lowest BCUT2D eigenvalue weighted by atomic mass is 9.87. The Morgan fingerprint density at radius 1 is 1.07 bits per heavy atom. The van der Waals surface area contributed by atoms with Gasteiger partial charge in [0.15, 0.2) is 18.1 Å². The topological polar surface area (TPSA) is 67.9 Å². The second kappa shape index (κ2) is 9.80. The van der Waals surface area contributed by atoms with Crippen LogP contribution in [0, 0.1) is 12.8 Å². The Labute approximate surface area is 167 Å². The lowest BCUT2D eigenvalue weighted by Gasteiger charge is -2.35. The van der Waals surface area contributed by atoms with Gasteiger partial charge in [-0.25, -0.2) is 0 Å². The highest BCUT2D eigenvalue weighted by Gasteiger charge is 2.29. The molecular weight excluding hydrogens is 356 g/mol. The number of amides is 2. The van der Waals surface area contributed by atoms with Crippen LogP contribution in [0.25, 0.3) is 0 Å². The summed E-state index contributed by atoms with van der Waals surface area (Å²) in [4.78, 5) is 26.9. The molecule has 0 atom stereocenters. The molecule has 3 rings (SSSR count). The summed E-state index contributed by atoms with van der Waals surface area (Å²) in [5.41, 5.74) is 1.07. The average Bonchev–Trinajstić information content (AvgIpc) is 2.73. The van der Waals surface area contributed by atoms with Crippen molar-refractivity contribution in [3.8, 4) is 11.5 Å². The molecule has 1 aromatic rings. The Morgan fingerprint density at radius 2 is 1.79 bits per heavy atom. The highest BCUT2D eigenvalue weighted by atomic mass is 16.5. The average molecular weight is 389 g/mol. The van der Waals surface area contributed by atoms with Gasteiger partial charge in [-0.05, 0) is 50.3 Å². The molecule has 2 aliphatic rings. The Balaban J connectivity index is 1.41. The molecule has 28 heavy (non-hydrogen) atoms. The summed E-state index contributed by atoms with van der Waals surface area (Å²) in [6.07, 6.45) is 7.29. The van der Waals surface area contributed by atoms with Gasteiger partial charge in [0.25, 0.3) is 5.91 Å². The van der Waals surface area contributed by atoms with Gasteiger partial charge in [-0.15, -0.1) is 0 Å². The molecule has 1 aromatic carbocycles. The summed E-state index contributed by atoms with van der Waals surface area (Å²) in [7, 11) is 1.59. The Morgan fingerprint density at radius 3 is 2.46 bits per heavy atom. The van der Waals surface area contributed by atoms with Crippen molar-refractivity contribution in [2.45, 2.75) is 57.9 Å². The van der Waals surface area contributed by atoms with E-state index in [2.05, 4.69) is 5.32 Å². The lowest BCUT2D eigenvalue weighted by Crippen LogP contribution is -2.49. The predicted octanol–water partition coefficient (Wildman–Crippen LogP) is 3.07. The maximum absolute atomic E-state index is 12.6. The summed E-state index contributed by atoms with van der Waals surface area (Å²) >= 11 is 0. The third-order valence-electron chi connectivity index (χ3n) is 5.80. The molecule has 0 unspecified atom stereocenters. The number of nitrogens with zero attached hydrogens (tertiary/aromatic N) is 1. The SMILES string of the molecule is COc1cc(C)ccc1OCC(=O)NC1CCN(C(=O)C2CCCCC2)CC1. The van der Waals surface area contributed by atoms with Crippen LogP contribution in [0.3, 0.4) is 0 Å². The molecule has 6 nitrogen and oxygen atoms in total. The first-order valence-corrected chi connectivity index (χ1v) is 10.4. The zero-order valence-electron chi connectivity index (χ0n) is 17.0. The Kier molecular flexibility index (Phi) is 7.18. The summed E-state index contributed by atoms with van der Waals surface area (Å²) in [6, 6.07) is 5.73. The fourth-order valence-electron chi connectivity index (χ4n) is 4.16. The van der Waals surface area contributed by atoms with Gasteiger partial charge in [-0.1, -0.05) is 25.3 Å². The number of benzene rings is 1. The molecule has 1 saturated carbocycles. The van der Waals surface area contributed by atoms with Crippen molar-refractivity contribution in [3.63, 3.8) is 0 Å². The standard InChI is InChI=1S/C22H32N2O4/c1-16-8-9-19(20(14-16)27-2)28-15-21(25)23-18-10-12-24(13-11-18)22(26)17-6-4-3-5-7-17/h8-9,14,17-18H,3-7,10-13,15H2,1-2H3,(H,23,25). The van der Waals surface area contributed by atoms with E-state index < -0.39 is 0 Å². The molecule has 0 spiro atoms. The molecule has 6 heteroatoms. The number of hydrogen-bond donors (Lipinski definition) is 1. The number of hydrogen-bond acceptors (Lipinski definition) is 4. The van der Waals surface area contributed by atoms with E-state index in [4.69, 9.17) is 9.47 Å². The number of carbonyl (C=O) groups is 2. The molecule has 154 valence electrons. The van der Waals surface area contributed by atoms with E-state index >= 15 is 0 Å². The first kappa shape index (κ1) is 20.5. The fourth-order valence-corrected chi connectivity index (χ4v) is 4.16. The zero-order chi connectivity index (χ0) is 19.9. The van der Waals surface area contributed by atoms with Crippen molar-refractivity contribution in [2.24, 2.45) is 5.92 Å². The van der Waals surface area contributed by atoms with Crippen molar-refractivity contribution in [1.82, 2.24) is 10.2 Å². The largest absolute Gasteiger partial charge is 0.493 e. The molecule has 0 bridgehead atoms. The molecule has 1 aliphatic carbocycles. The van der Waals surface area contributed by atoms with Gasteiger partial charge in [0.2, 0.25) is 5.91 Å². The second-order valence-electron chi connectivity index (χ2n) is 7.94. The Hall–Kier alpha value is -2.24. The van der Waals surface area contributed by atoms with E-state index in [0.29, 0.717) is 17.4 Å². The molecule has 0 radical (unpaired) electrons. The van der Waals surface area contributed by atoms with Crippen molar-refractivity contribution in [2.75, 3.05) is 26.8 Å². The lowest BCUT2D eigenvalue weighted by molar-refractivity contribution is -0.137. The van der Waals surface area contributed by atoms with Crippen molar-refractivity contribution < 1.29 is 19.1 Å². The minimum absolute atomic E-state index is 0.0410. The maximum atomic E-state index is 12.6. The van der Waals surface area contributed by atoms with E-state index in [9.17, 15) is 9.59 Å². The third kappa shape index (κ3) is 5.40. The highest BCUT2D eigenvalue weighted by Crippen LogP contribution is 2.28. The quantitative estimate of drug-likeness (QED) is 0.813. The molecule has 2 fully saturated rings. The van der Waals surface area contributed by atoms with Crippen LogP contribution >= 0.6 is 0 Å². The summed E-state index contributed by atoms with van der Waals surface area (Å²) < 4.78 is 10.9. The number of likely N-dealkylation sites (tertiary alicyclic amines) is 1. The van der Waals surface area contributed by atoms with Crippen molar-refractivity contribution in [1.29, 1.82) is 0 Å². The zero-order valence-corrected chi connectivity index (χ0v) is 17.0. The molecule has 0 aromatic heterocycles. The van der Waals surface area contributed by atoms with Gasteiger partial charge >= 0.3 is 0 Å². The van der Waals surface area contributed by atoms with Crippen LogP contribution < -0.4 is 14.8 Å². The van der Waals surface area contributed by atoms with Crippen LogP contribution in [0.1, 0.15) is 50.5 Å². The van der Waals surface area contributed by atoms with E-state index in [1.54, 1.807) is 7.11 Å². The van der Waals surface area contributed by atoms with Crippen LogP contribution in [0.5, 0.6) is 11.5 Å². The molecule has 1 heterocycles. The minimum Gasteiger partial charge on any atom is -0.493 e. The van der Waals surface area contributed by atoms with Crippen LogP contribution in [0.2, 0.25) is 0 Å². The summed E-state index contributed by atoms with van der Waals surface area (Å²) in [5.74, 6) is 1.59.